The van der Waals surface area contributed by atoms with Crippen molar-refractivity contribution in [3.63, 3.8) is 0 Å². The van der Waals surface area contributed by atoms with E-state index in [9.17, 15) is 14.0 Å². The van der Waals surface area contributed by atoms with Crippen LogP contribution in [-0.2, 0) is 16.0 Å². The van der Waals surface area contributed by atoms with E-state index in [-0.39, 0.29) is 24.7 Å². The molecule has 24 heavy (non-hydrogen) atoms. The molecule has 1 heterocycles. The van der Waals surface area contributed by atoms with Crippen molar-refractivity contribution in [3.8, 4) is 11.1 Å². The van der Waals surface area contributed by atoms with Crippen LogP contribution in [0.2, 0.25) is 0 Å². The van der Waals surface area contributed by atoms with Gasteiger partial charge in [-0.2, -0.15) is 0 Å². The van der Waals surface area contributed by atoms with E-state index in [2.05, 4.69) is 10.3 Å². The molecule has 3 N–H and O–H groups in total. The van der Waals surface area contributed by atoms with Gasteiger partial charge in [0.05, 0.1) is 23.2 Å². The van der Waals surface area contributed by atoms with Crippen molar-refractivity contribution in [2.75, 3.05) is 6.54 Å². The Bertz CT molecular complexity index is 906. The molecule has 3 aromatic rings. The van der Waals surface area contributed by atoms with Crippen molar-refractivity contribution >= 4 is 33.4 Å². The van der Waals surface area contributed by atoms with Crippen molar-refractivity contribution in [3.05, 3.63) is 53.3 Å². The van der Waals surface area contributed by atoms with Gasteiger partial charge in [0.15, 0.2) is 0 Å². The van der Waals surface area contributed by atoms with Gasteiger partial charge in [-0.15, -0.1) is 11.3 Å². The van der Waals surface area contributed by atoms with E-state index in [0.29, 0.717) is 5.01 Å². The molecule has 7 heteroatoms. The SMILES string of the molecule is NC(=O)CNC(=O)Cc1nc2cc(-c3ccc(F)cc3)ccc2s1. The van der Waals surface area contributed by atoms with Crippen molar-refractivity contribution < 1.29 is 14.0 Å². The van der Waals surface area contributed by atoms with E-state index in [1.54, 1.807) is 12.1 Å². The van der Waals surface area contributed by atoms with E-state index in [1.807, 2.05) is 18.2 Å². The highest BCUT2D eigenvalue weighted by Crippen LogP contribution is 2.28. The van der Waals surface area contributed by atoms with E-state index in [1.165, 1.54) is 23.5 Å². The summed E-state index contributed by atoms with van der Waals surface area (Å²) in [5, 5.41) is 3.09. The molecule has 1 aromatic heterocycles. The van der Waals surface area contributed by atoms with Gasteiger partial charge < -0.3 is 11.1 Å². The van der Waals surface area contributed by atoms with Crippen LogP contribution in [0.4, 0.5) is 4.39 Å². The van der Waals surface area contributed by atoms with Crippen molar-refractivity contribution in [1.82, 2.24) is 10.3 Å². The average Bonchev–Trinajstić information content (AvgIpc) is 2.94. The van der Waals surface area contributed by atoms with E-state index in [4.69, 9.17) is 5.73 Å². The summed E-state index contributed by atoms with van der Waals surface area (Å²) in [6, 6.07) is 12.0. The minimum absolute atomic E-state index is 0.0957. The molecule has 0 aliphatic heterocycles. The Hall–Kier alpha value is -2.80. The number of carbonyl (C=O) groups excluding carboxylic acids is 2. The topological polar surface area (TPSA) is 85.1 Å². The molecule has 0 unspecified atom stereocenters. The number of rotatable bonds is 5. The first-order valence-electron chi connectivity index (χ1n) is 7.21. The molecule has 0 aliphatic carbocycles. The van der Waals surface area contributed by atoms with E-state index in [0.717, 1.165) is 21.3 Å². The second-order valence-corrected chi connectivity index (χ2v) is 6.33. The number of fused-ring (bicyclic) bond motifs is 1. The summed E-state index contributed by atoms with van der Waals surface area (Å²) in [5.74, 6) is -1.17. The van der Waals surface area contributed by atoms with Gasteiger partial charge in [-0.3, -0.25) is 9.59 Å². The summed E-state index contributed by atoms with van der Waals surface area (Å²) in [5.41, 5.74) is 7.59. The Kier molecular flexibility index (Phi) is 4.52. The number of carbonyl (C=O) groups is 2. The highest BCUT2D eigenvalue weighted by Gasteiger charge is 2.10. The van der Waals surface area contributed by atoms with Gasteiger partial charge in [0.1, 0.15) is 10.8 Å². The summed E-state index contributed by atoms with van der Waals surface area (Å²) < 4.78 is 14.0. The third-order valence-electron chi connectivity index (χ3n) is 3.38. The second kappa shape index (κ2) is 6.76. The van der Waals surface area contributed by atoms with Crippen molar-refractivity contribution in [1.29, 1.82) is 0 Å². The Morgan fingerprint density at radius 2 is 1.83 bits per heavy atom. The Labute approximate surface area is 141 Å². The molecule has 2 amide bonds. The lowest BCUT2D eigenvalue weighted by molar-refractivity contribution is -0.124. The zero-order chi connectivity index (χ0) is 17.1. The van der Waals surface area contributed by atoms with Gasteiger partial charge in [-0.05, 0) is 35.4 Å². The zero-order valence-electron chi connectivity index (χ0n) is 12.6. The maximum atomic E-state index is 13.0. The molecule has 122 valence electrons. The van der Waals surface area contributed by atoms with Gasteiger partial charge in [0.2, 0.25) is 11.8 Å². The van der Waals surface area contributed by atoms with Crippen molar-refractivity contribution in [2.45, 2.75) is 6.42 Å². The van der Waals surface area contributed by atoms with Crippen LogP contribution in [0.15, 0.2) is 42.5 Å². The van der Waals surface area contributed by atoms with Crippen LogP contribution in [0.3, 0.4) is 0 Å². The van der Waals surface area contributed by atoms with Crippen LogP contribution in [0.5, 0.6) is 0 Å². The number of nitrogens with two attached hydrogens (primary N) is 1. The molecule has 5 nitrogen and oxygen atoms in total. The fourth-order valence-corrected chi connectivity index (χ4v) is 3.20. The number of thiazole rings is 1. The number of primary amides is 1. The average molecular weight is 343 g/mol. The molecule has 0 spiro atoms. The third kappa shape index (κ3) is 3.75. The Balaban J connectivity index is 1.80. The molecule has 0 saturated carbocycles. The summed E-state index contributed by atoms with van der Waals surface area (Å²) in [6.07, 6.45) is 0.0957. The number of amides is 2. The number of hydrogen-bond acceptors (Lipinski definition) is 4. The predicted molar refractivity (Wildman–Crippen MR) is 90.9 cm³/mol. The van der Waals surface area contributed by atoms with E-state index < -0.39 is 5.91 Å². The van der Waals surface area contributed by atoms with Gasteiger partial charge in [0.25, 0.3) is 0 Å². The molecular formula is C17H14FN3O2S. The number of nitrogens with zero attached hydrogens (tertiary/aromatic N) is 1. The summed E-state index contributed by atoms with van der Waals surface area (Å²) >= 11 is 1.42. The highest BCUT2D eigenvalue weighted by atomic mass is 32.1. The van der Waals surface area contributed by atoms with Crippen LogP contribution in [0.1, 0.15) is 5.01 Å². The monoisotopic (exact) mass is 343 g/mol. The summed E-state index contributed by atoms with van der Waals surface area (Å²) in [6.45, 7) is -0.182. The molecule has 0 aliphatic rings. The minimum atomic E-state index is -0.586. The first-order chi connectivity index (χ1) is 11.5. The van der Waals surface area contributed by atoms with Gasteiger partial charge >= 0.3 is 0 Å². The van der Waals surface area contributed by atoms with Crippen LogP contribution in [0.25, 0.3) is 21.3 Å². The lowest BCUT2D eigenvalue weighted by atomic mass is 10.1. The van der Waals surface area contributed by atoms with Crippen LogP contribution in [-0.4, -0.2) is 23.3 Å². The molecule has 0 bridgehead atoms. The molecule has 0 saturated heterocycles. The maximum absolute atomic E-state index is 13.0. The van der Waals surface area contributed by atoms with Crippen LogP contribution in [0, 0.1) is 5.82 Å². The highest BCUT2D eigenvalue weighted by molar-refractivity contribution is 7.18. The number of halogens is 1. The minimum Gasteiger partial charge on any atom is -0.368 e. The largest absolute Gasteiger partial charge is 0.368 e. The lowest BCUT2D eigenvalue weighted by Gasteiger charge is -2.01. The first kappa shape index (κ1) is 16.1. The van der Waals surface area contributed by atoms with Gasteiger partial charge in [-0.25, -0.2) is 9.37 Å². The summed E-state index contributed by atoms with van der Waals surface area (Å²) in [4.78, 5) is 26.8. The quantitative estimate of drug-likeness (QED) is 0.745. The molecule has 3 rings (SSSR count). The third-order valence-corrected chi connectivity index (χ3v) is 4.42. The van der Waals surface area contributed by atoms with E-state index >= 15 is 0 Å². The van der Waals surface area contributed by atoms with Gasteiger partial charge in [0, 0.05) is 0 Å². The summed E-state index contributed by atoms with van der Waals surface area (Å²) in [7, 11) is 0. The fourth-order valence-electron chi connectivity index (χ4n) is 2.26. The normalized spacial score (nSPS) is 10.7. The molecular weight excluding hydrogens is 329 g/mol. The molecule has 0 fully saturated rings. The number of benzene rings is 2. The fraction of sp³-hybridized carbons (Fsp3) is 0.118. The van der Waals surface area contributed by atoms with Crippen LogP contribution >= 0.6 is 11.3 Å². The Morgan fingerprint density at radius 3 is 2.54 bits per heavy atom. The standard InChI is InChI=1S/C17H14FN3O2S/c18-12-4-1-10(2-5-12)11-3-6-14-13(7-11)21-17(24-14)8-16(23)20-9-15(19)22/h1-7H,8-9H2,(H2,19,22)(H,20,23). The first-order valence-corrected chi connectivity index (χ1v) is 8.03. The Morgan fingerprint density at radius 1 is 1.12 bits per heavy atom. The number of aromatic nitrogens is 1. The second-order valence-electron chi connectivity index (χ2n) is 5.22. The predicted octanol–water partition coefficient (Wildman–Crippen LogP) is 2.25. The number of nitrogens with one attached hydrogen (secondary N) is 1. The lowest BCUT2D eigenvalue weighted by Crippen LogP contribution is -2.34. The zero-order valence-corrected chi connectivity index (χ0v) is 13.4. The van der Waals surface area contributed by atoms with Gasteiger partial charge in [-0.1, -0.05) is 18.2 Å². The molecule has 0 atom stereocenters. The van der Waals surface area contributed by atoms with Crippen LogP contribution < -0.4 is 11.1 Å². The maximum Gasteiger partial charge on any atom is 0.236 e. The molecule has 0 radical (unpaired) electrons. The van der Waals surface area contributed by atoms with Crippen molar-refractivity contribution in [2.24, 2.45) is 5.73 Å². The number of hydrogen-bond donors (Lipinski definition) is 2. The smallest absolute Gasteiger partial charge is 0.236 e. The molecule has 2 aromatic carbocycles.